The van der Waals surface area contributed by atoms with Crippen LogP contribution in [-0.2, 0) is 16.5 Å². The second-order valence-electron chi connectivity index (χ2n) is 12.2. The maximum Gasteiger partial charge on any atom is 0.411 e. The SMILES string of the molecule is COc1cc(-c2cnn(C)c2)cc([C@@H](C)NC(=O)c2cc(N3CC4COCC(C3)N4C(=O)OC(C)(C)C)ccc2C)c1. The Kier molecular flexibility index (Phi) is 8.19. The number of hydrogen-bond acceptors (Lipinski definition) is 7. The average molecular weight is 576 g/mol. The van der Waals surface area contributed by atoms with Crippen LogP contribution in [0.1, 0.15) is 55.2 Å². The maximum absolute atomic E-state index is 13.6. The normalized spacial score (nSPS) is 19.3. The lowest BCUT2D eigenvalue weighted by atomic mass is 10.00. The van der Waals surface area contributed by atoms with E-state index < -0.39 is 5.60 Å². The molecule has 2 bridgehead atoms. The minimum Gasteiger partial charge on any atom is -0.497 e. The van der Waals surface area contributed by atoms with E-state index in [-0.39, 0.29) is 30.1 Å². The Bertz CT molecular complexity index is 1450. The first-order valence-corrected chi connectivity index (χ1v) is 14.4. The Labute approximate surface area is 247 Å². The first-order chi connectivity index (χ1) is 19.9. The molecule has 0 aliphatic carbocycles. The number of amides is 2. The van der Waals surface area contributed by atoms with E-state index in [1.807, 2.05) is 89.3 Å². The van der Waals surface area contributed by atoms with Crippen molar-refractivity contribution in [3.05, 3.63) is 65.5 Å². The molecule has 2 saturated heterocycles. The maximum atomic E-state index is 13.6. The van der Waals surface area contributed by atoms with E-state index in [9.17, 15) is 9.59 Å². The van der Waals surface area contributed by atoms with Crippen molar-refractivity contribution in [2.75, 3.05) is 38.3 Å². The van der Waals surface area contributed by atoms with Crippen molar-refractivity contribution in [3.8, 4) is 16.9 Å². The van der Waals surface area contributed by atoms with Crippen LogP contribution in [0.25, 0.3) is 11.1 Å². The van der Waals surface area contributed by atoms with E-state index in [4.69, 9.17) is 14.2 Å². The second-order valence-corrected chi connectivity index (χ2v) is 12.2. The van der Waals surface area contributed by atoms with Gasteiger partial charge in [-0.15, -0.1) is 0 Å². The highest BCUT2D eigenvalue weighted by Gasteiger charge is 2.43. The monoisotopic (exact) mass is 575 g/mol. The van der Waals surface area contributed by atoms with Gasteiger partial charge in [-0.2, -0.15) is 5.10 Å². The predicted molar refractivity (Wildman–Crippen MR) is 161 cm³/mol. The van der Waals surface area contributed by atoms with Gasteiger partial charge < -0.3 is 24.4 Å². The van der Waals surface area contributed by atoms with Gasteiger partial charge in [-0.3, -0.25) is 14.4 Å². The van der Waals surface area contributed by atoms with Crippen molar-refractivity contribution in [2.24, 2.45) is 7.05 Å². The average Bonchev–Trinajstić information content (AvgIpc) is 3.37. The van der Waals surface area contributed by atoms with Crippen LogP contribution in [-0.4, -0.2) is 77.8 Å². The van der Waals surface area contributed by atoms with Gasteiger partial charge >= 0.3 is 6.09 Å². The van der Waals surface area contributed by atoms with Crippen molar-refractivity contribution in [1.29, 1.82) is 0 Å². The molecule has 1 aromatic heterocycles. The van der Waals surface area contributed by atoms with Crippen LogP contribution < -0.4 is 15.0 Å². The van der Waals surface area contributed by atoms with E-state index in [0.717, 1.165) is 27.9 Å². The molecule has 1 N–H and O–H groups in total. The molecule has 2 amide bonds. The van der Waals surface area contributed by atoms with Crippen LogP contribution in [0.3, 0.4) is 0 Å². The third-order valence-corrected chi connectivity index (χ3v) is 7.76. The molecule has 2 unspecified atom stereocenters. The van der Waals surface area contributed by atoms with Crippen LogP contribution in [0.15, 0.2) is 48.8 Å². The molecule has 2 aliphatic rings. The van der Waals surface area contributed by atoms with Crippen molar-refractivity contribution in [3.63, 3.8) is 0 Å². The fourth-order valence-electron chi connectivity index (χ4n) is 5.62. The zero-order chi connectivity index (χ0) is 30.2. The summed E-state index contributed by atoms with van der Waals surface area (Å²) in [4.78, 5) is 30.7. The molecule has 2 aliphatic heterocycles. The first-order valence-electron chi connectivity index (χ1n) is 14.4. The summed E-state index contributed by atoms with van der Waals surface area (Å²) in [6.45, 7) is 11.6. The molecule has 42 heavy (non-hydrogen) atoms. The highest BCUT2D eigenvalue weighted by molar-refractivity contribution is 5.97. The summed E-state index contributed by atoms with van der Waals surface area (Å²) in [6.07, 6.45) is 3.46. The number of carbonyl (C=O) groups is 2. The Hall–Kier alpha value is -4.05. The molecular formula is C32H41N5O5. The number of ether oxygens (including phenoxy) is 3. The van der Waals surface area contributed by atoms with Crippen LogP contribution >= 0.6 is 0 Å². The van der Waals surface area contributed by atoms with E-state index in [2.05, 4.69) is 21.4 Å². The molecule has 5 rings (SSSR count). The number of methoxy groups -OCH3 is 1. The van der Waals surface area contributed by atoms with Crippen LogP contribution in [0.2, 0.25) is 0 Å². The Morgan fingerprint density at radius 3 is 2.40 bits per heavy atom. The predicted octanol–water partition coefficient (Wildman–Crippen LogP) is 4.72. The van der Waals surface area contributed by atoms with E-state index in [1.165, 1.54) is 0 Å². The van der Waals surface area contributed by atoms with Crippen molar-refractivity contribution >= 4 is 17.7 Å². The van der Waals surface area contributed by atoms with Gasteiger partial charge in [-0.1, -0.05) is 6.07 Å². The number of nitrogens with zero attached hydrogens (tertiary/aromatic N) is 4. The summed E-state index contributed by atoms with van der Waals surface area (Å²) in [7, 11) is 3.52. The Morgan fingerprint density at radius 2 is 1.79 bits per heavy atom. The highest BCUT2D eigenvalue weighted by Crippen LogP contribution is 2.31. The summed E-state index contributed by atoms with van der Waals surface area (Å²) in [5.41, 5.74) is 4.76. The number of hydrogen-bond donors (Lipinski definition) is 1. The Balaban J connectivity index is 1.33. The van der Waals surface area contributed by atoms with Gasteiger partial charge in [0, 0.05) is 43.1 Å². The first kappa shape index (κ1) is 29.4. The number of fused-ring (bicyclic) bond motifs is 2. The number of piperazine rings is 1. The highest BCUT2D eigenvalue weighted by atomic mass is 16.6. The van der Waals surface area contributed by atoms with Gasteiger partial charge in [0.1, 0.15) is 11.4 Å². The fourth-order valence-corrected chi connectivity index (χ4v) is 5.62. The molecule has 2 aromatic carbocycles. The molecule has 2 fully saturated rings. The number of aryl methyl sites for hydroxylation is 2. The number of rotatable bonds is 6. The molecule has 0 saturated carbocycles. The van der Waals surface area contributed by atoms with E-state index in [0.29, 0.717) is 37.6 Å². The summed E-state index contributed by atoms with van der Waals surface area (Å²) in [5, 5.41) is 7.46. The lowest BCUT2D eigenvalue weighted by Gasteiger charge is -2.50. The molecule has 3 atom stereocenters. The van der Waals surface area contributed by atoms with Crippen molar-refractivity contribution in [2.45, 2.75) is 58.3 Å². The molecule has 0 radical (unpaired) electrons. The van der Waals surface area contributed by atoms with Crippen molar-refractivity contribution < 1.29 is 23.8 Å². The number of morpholine rings is 1. The van der Waals surface area contributed by atoms with Crippen LogP contribution in [0, 0.1) is 6.92 Å². The van der Waals surface area contributed by atoms with Gasteiger partial charge in [-0.05, 0) is 81.6 Å². The topological polar surface area (TPSA) is 98.2 Å². The smallest absolute Gasteiger partial charge is 0.411 e. The van der Waals surface area contributed by atoms with Crippen LogP contribution in [0.5, 0.6) is 5.75 Å². The minimum absolute atomic E-state index is 0.131. The quantitative estimate of drug-likeness (QED) is 0.454. The van der Waals surface area contributed by atoms with Gasteiger partial charge in [-0.25, -0.2) is 4.79 Å². The third kappa shape index (κ3) is 6.38. The molecule has 10 heteroatoms. The lowest BCUT2D eigenvalue weighted by molar-refractivity contribution is -0.0665. The largest absolute Gasteiger partial charge is 0.497 e. The number of carbonyl (C=O) groups excluding carboxylic acids is 2. The van der Waals surface area contributed by atoms with Gasteiger partial charge in [0.15, 0.2) is 0 Å². The van der Waals surface area contributed by atoms with Gasteiger partial charge in [0.05, 0.1) is 44.6 Å². The van der Waals surface area contributed by atoms with E-state index in [1.54, 1.807) is 11.8 Å². The van der Waals surface area contributed by atoms with E-state index >= 15 is 0 Å². The minimum atomic E-state index is -0.565. The molecule has 224 valence electrons. The zero-order valence-corrected chi connectivity index (χ0v) is 25.5. The lowest BCUT2D eigenvalue weighted by Crippen LogP contribution is -2.66. The molecule has 3 aromatic rings. The summed E-state index contributed by atoms with van der Waals surface area (Å²) >= 11 is 0. The Morgan fingerprint density at radius 1 is 1.07 bits per heavy atom. The summed E-state index contributed by atoms with van der Waals surface area (Å²) < 4.78 is 18.8. The van der Waals surface area contributed by atoms with Gasteiger partial charge in [0.2, 0.25) is 0 Å². The zero-order valence-electron chi connectivity index (χ0n) is 25.5. The molecule has 10 nitrogen and oxygen atoms in total. The standard InChI is InChI=1S/C32H41N5O5/c1-20-8-9-25(36-16-26-18-41-19-27(17-36)37(26)31(39)42-32(3,4)5)13-29(20)30(38)34-21(2)22-10-23(12-28(11-22)40-7)24-14-33-35(6)15-24/h8-15,21,26-27H,16-19H2,1-7H3,(H,34,38)/t21-,26?,27?/m1/s1. The molecule has 3 heterocycles. The number of anilines is 1. The second kappa shape index (κ2) is 11.7. The number of aromatic nitrogens is 2. The summed E-state index contributed by atoms with van der Waals surface area (Å²) in [6, 6.07) is 11.4. The molecular weight excluding hydrogens is 534 g/mol. The van der Waals surface area contributed by atoms with Crippen molar-refractivity contribution in [1.82, 2.24) is 20.0 Å². The van der Waals surface area contributed by atoms with Crippen LogP contribution in [0.4, 0.5) is 10.5 Å². The number of benzene rings is 2. The molecule has 0 spiro atoms. The van der Waals surface area contributed by atoms with Gasteiger partial charge in [0.25, 0.3) is 5.91 Å². The summed E-state index contributed by atoms with van der Waals surface area (Å²) in [5.74, 6) is 0.564. The number of nitrogens with one attached hydrogen (secondary N) is 1. The third-order valence-electron chi connectivity index (χ3n) is 7.76. The fraction of sp³-hybridized carbons (Fsp3) is 0.469.